The Bertz CT molecular complexity index is 882. The van der Waals surface area contributed by atoms with Crippen LogP contribution >= 0.6 is 0 Å². The van der Waals surface area contributed by atoms with Crippen molar-refractivity contribution >= 4 is 15.9 Å². The fourth-order valence-corrected chi connectivity index (χ4v) is 3.89. The van der Waals surface area contributed by atoms with Crippen LogP contribution in [0.15, 0.2) is 53.4 Å². The second kappa shape index (κ2) is 9.10. The van der Waals surface area contributed by atoms with Gasteiger partial charge >= 0.3 is 0 Å². The smallest absolute Gasteiger partial charge is 0.242 e. The van der Waals surface area contributed by atoms with Gasteiger partial charge in [0.2, 0.25) is 15.9 Å². The molecule has 0 aliphatic heterocycles. The van der Waals surface area contributed by atoms with Crippen LogP contribution in [0.3, 0.4) is 0 Å². The minimum absolute atomic E-state index is 0.0363. The standard InChI is InChI=1S/C20H25FN2O3S/c1-16-7-4-5-8-17(16)15-22(2)20(24)9-6-14-23(3)27(25,26)19-12-10-18(21)11-13-19/h4-5,7-8,10-13H,6,9,14-15H2,1-3H3. The largest absolute Gasteiger partial charge is 0.341 e. The molecule has 1 amide bonds. The fourth-order valence-electron chi connectivity index (χ4n) is 2.68. The Morgan fingerprint density at radius 1 is 1.04 bits per heavy atom. The SMILES string of the molecule is Cc1ccccc1CN(C)C(=O)CCCN(C)S(=O)(=O)c1ccc(F)cc1. The molecule has 7 heteroatoms. The Morgan fingerprint density at radius 3 is 2.30 bits per heavy atom. The summed E-state index contributed by atoms with van der Waals surface area (Å²) in [5.41, 5.74) is 2.21. The lowest BCUT2D eigenvalue weighted by atomic mass is 10.1. The molecule has 27 heavy (non-hydrogen) atoms. The number of nitrogens with zero attached hydrogens (tertiary/aromatic N) is 2. The number of aryl methyl sites for hydroxylation is 1. The number of halogens is 1. The maximum Gasteiger partial charge on any atom is 0.242 e. The molecule has 5 nitrogen and oxygen atoms in total. The predicted molar refractivity (Wildman–Crippen MR) is 103 cm³/mol. The molecular weight excluding hydrogens is 367 g/mol. The van der Waals surface area contributed by atoms with Gasteiger partial charge < -0.3 is 4.90 Å². The highest BCUT2D eigenvalue weighted by atomic mass is 32.2. The van der Waals surface area contributed by atoms with E-state index in [2.05, 4.69) is 0 Å². The number of sulfonamides is 1. The topological polar surface area (TPSA) is 57.7 Å². The van der Waals surface area contributed by atoms with E-state index < -0.39 is 15.8 Å². The van der Waals surface area contributed by atoms with Gasteiger partial charge in [-0.25, -0.2) is 17.1 Å². The second-order valence-corrected chi connectivity index (χ2v) is 8.61. The molecule has 0 saturated heterocycles. The molecule has 0 aromatic heterocycles. The van der Waals surface area contributed by atoms with Gasteiger partial charge in [0.15, 0.2) is 0 Å². The third-order valence-electron chi connectivity index (χ3n) is 4.48. The van der Waals surface area contributed by atoms with Crippen molar-refractivity contribution in [3.63, 3.8) is 0 Å². The summed E-state index contributed by atoms with van der Waals surface area (Å²) in [5, 5.41) is 0. The van der Waals surface area contributed by atoms with Gasteiger partial charge in [-0.05, 0) is 48.7 Å². The van der Waals surface area contributed by atoms with Gasteiger partial charge in [-0.1, -0.05) is 24.3 Å². The molecule has 0 saturated carbocycles. The molecule has 0 spiro atoms. The van der Waals surface area contributed by atoms with Crippen LogP contribution in [0, 0.1) is 12.7 Å². The van der Waals surface area contributed by atoms with Crippen LogP contribution in [-0.2, 0) is 21.4 Å². The Balaban J connectivity index is 1.86. The van der Waals surface area contributed by atoms with Crippen LogP contribution in [0.25, 0.3) is 0 Å². The van der Waals surface area contributed by atoms with Crippen molar-refractivity contribution < 1.29 is 17.6 Å². The van der Waals surface area contributed by atoms with E-state index in [1.807, 2.05) is 31.2 Å². The molecule has 2 aromatic carbocycles. The van der Waals surface area contributed by atoms with E-state index in [1.54, 1.807) is 11.9 Å². The van der Waals surface area contributed by atoms with Gasteiger partial charge in [-0.3, -0.25) is 4.79 Å². The molecule has 0 atom stereocenters. The van der Waals surface area contributed by atoms with Crippen LogP contribution in [0.5, 0.6) is 0 Å². The average molecular weight is 392 g/mol. The van der Waals surface area contributed by atoms with Crippen molar-refractivity contribution in [1.29, 1.82) is 0 Å². The molecule has 0 fully saturated rings. The summed E-state index contributed by atoms with van der Waals surface area (Å²) in [5.74, 6) is -0.523. The number of hydrogen-bond donors (Lipinski definition) is 0. The minimum atomic E-state index is -3.69. The van der Waals surface area contributed by atoms with Crippen molar-refractivity contribution in [2.75, 3.05) is 20.6 Å². The molecule has 0 aliphatic carbocycles. The van der Waals surface area contributed by atoms with Gasteiger partial charge in [0.1, 0.15) is 5.82 Å². The Labute approximate surface area is 160 Å². The number of hydrogen-bond acceptors (Lipinski definition) is 3. The lowest BCUT2D eigenvalue weighted by Gasteiger charge is -2.20. The van der Waals surface area contributed by atoms with E-state index in [0.717, 1.165) is 23.3 Å². The van der Waals surface area contributed by atoms with Crippen LogP contribution in [0.1, 0.15) is 24.0 Å². The second-order valence-electron chi connectivity index (χ2n) is 6.56. The van der Waals surface area contributed by atoms with E-state index >= 15 is 0 Å². The summed E-state index contributed by atoms with van der Waals surface area (Å²) in [7, 11) is -0.484. The molecule has 0 aliphatic rings. The highest BCUT2D eigenvalue weighted by Gasteiger charge is 2.21. The molecule has 0 N–H and O–H groups in total. The van der Waals surface area contributed by atoms with Gasteiger partial charge in [0.25, 0.3) is 0 Å². The lowest BCUT2D eigenvalue weighted by molar-refractivity contribution is -0.130. The number of carbonyl (C=O) groups is 1. The van der Waals surface area contributed by atoms with Crippen molar-refractivity contribution in [3.8, 4) is 0 Å². The van der Waals surface area contributed by atoms with E-state index in [1.165, 1.54) is 23.5 Å². The Morgan fingerprint density at radius 2 is 1.67 bits per heavy atom. The molecule has 0 heterocycles. The van der Waals surface area contributed by atoms with Crippen molar-refractivity contribution in [2.45, 2.75) is 31.2 Å². The fraction of sp³-hybridized carbons (Fsp3) is 0.350. The van der Waals surface area contributed by atoms with E-state index in [4.69, 9.17) is 0 Å². The van der Waals surface area contributed by atoms with Gasteiger partial charge in [0.05, 0.1) is 4.90 Å². The van der Waals surface area contributed by atoms with Crippen molar-refractivity contribution in [3.05, 3.63) is 65.5 Å². The summed E-state index contributed by atoms with van der Waals surface area (Å²) in [6.45, 7) is 2.74. The maximum atomic E-state index is 13.0. The monoisotopic (exact) mass is 392 g/mol. The first-order chi connectivity index (χ1) is 12.7. The first-order valence-corrected chi connectivity index (χ1v) is 10.2. The summed E-state index contributed by atoms with van der Waals surface area (Å²) in [6, 6.07) is 12.6. The maximum absolute atomic E-state index is 13.0. The first kappa shape index (κ1) is 21.1. The molecule has 0 bridgehead atoms. The van der Waals surface area contributed by atoms with Crippen LogP contribution in [0.2, 0.25) is 0 Å². The van der Waals surface area contributed by atoms with Crippen LogP contribution < -0.4 is 0 Å². The Hall–Kier alpha value is -2.25. The first-order valence-electron chi connectivity index (χ1n) is 8.72. The van der Waals surface area contributed by atoms with E-state index in [9.17, 15) is 17.6 Å². The predicted octanol–water partition coefficient (Wildman–Crippen LogP) is 3.19. The third kappa shape index (κ3) is 5.61. The van der Waals surface area contributed by atoms with Gasteiger partial charge in [0, 0.05) is 33.6 Å². The number of rotatable bonds is 8. The molecule has 146 valence electrons. The molecule has 0 radical (unpaired) electrons. The van der Waals surface area contributed by atoms with Gasteiger partial charge in [-0.15, -0.1) is 0 Å². The summed E-state index contributed by atoms with van der Waals surface area (Å²) in [6.07, 6.45) is 0.666. The third-order valence-corrected chi connectivity index (χ3v) is 6.35. The van der Waals surface area contributed by atoms with Gasteiger partial charge in [-0.2, -0.15) is 0 Å². The zero-order chi connectivity index (χ0) is 20.0. The van der Waals surface area contributed by atoms with Crippen LogP contribution in [-0.4, -0.2) is 44.2 Å². The number of amides is 1. The zero-order valence-corrected chi connectivity index (χ0v) is 16.7. The summed E-state index contributed by atoms with van der Waals surface area (Å²) in [4.78, 5) is 14.0. The van der Waals surface area contributed by atoms with E-state index in [0.29, 0.717) is 13.0 Å². The normalized spacial score (nSPS) is 11.6. The average Bonchev–Trinajstić information content (AvgIpc) is 2.63. The zero-order valence-electron chi connectivity index (χ0n) is 15.9. The number of carbonyl (C=O) groups excluding carboxylic acids is 1. The number of benzene rings is 2. The molecular formula is C20H25FN2O3S. The molecule has 2 rings (SSSR count). The van der Waals surface area contributed by atoms with Crippen LogP contribution in [0.4, 0.5) is 4.39 Å². The highest BCUT2D eigenvalue weighted by Crippen LogP contribution is 2.16. The summed E-state index contributed by atoms with van der Waals surface area (Å²) >= 11 is 0. The van der Waals surface area contributed by atoms with Crippen molar-refractivity contribution in [1.82, 2.24) is 9.21 Å². The molecule has 0 unspecified atom stereocenters. The highest BCUT2D eigenvalue weighted by molar-refractivity contribution is 7.89. The molecule has 2 aromatic rings. The quantitative estimate of drug-likeness (QED) is 0.693. The van der Waals surface area contributed by atoms with E-state index in [-0.39, 0.29) is 23.8 Å². The summed E-state index contributed by atoms with van der Waals surface area (Å²) < 4.78 is 39.0. The van der Waals surface area contributed by atoms with Crippen molar-refractivity contribution in [2.24, 2.45) is 0 Å². The minimum Gasteiger partial charge on any atom is -0.341 e. The Kier molecular flexibility index (Phi) is 7.10. The lowest BCUT2D eigenvalue weighted by Crippen LogP contribution is -2.30.